The molecule has 1 atom stereocenters. The van der Waals surface area contributed by atoms with Gasteiger partial charge in [0.2, 0.25) is 0 Å². The van der Waals surface area contributed by atoms with Crippen molar-refractivity contribution in [2.75, 3.05) is 5.32 Å². The Kier molecular flexibility index (Phi) is 5.06. The Hall–Kier alpha value is -0.550. The fourth-order valence-corrected chi connectivity index (χ4v) is 2.75. The van der Waals surface area contributed by atoms with Gasteiger partial charge in [-0.3, -0.25) is 0 Å². The minimum atomic E-state index is 0.348. The molecule has 2 aromatic carbocycles. The maximum Gasteiger partial charge on any atom is 0.0511 e. The van der Waals surface area contributed by atoms with Gasteiger partial charge in [-0.1, -0.05) is 37.3 Å². The van der Waals surface area contributed by atoms with E-state index < -0.39 is 0 Å². The third-order valence-electron chi connectivity index (χ3n) is 2.87. The van der Waals surface area contributed by atoms with Crippen LogP contribution < -0.4 is 5.32 Å². The predicted molar refractivity (Wildman–Crippen MR) is 90.0 cm³/mol. The summed E-state index contributed by atoms with van der Waals surface area (Å²) in [7, 11) is 0. The van der Waals surface area contributed by atoms with Gasteiger partial charge in [-0.2, -0.15) is 0 Å². The van der Waals surface area contributed by atoms with Crippen LogP contribution in [0, 0.1) is 3.57 Å². The van der Waals surface area contributed by atoms with Crippen molar-refractivity contribution in [1.29, 1.82) is 0 Å². The minimum Gasteiger partial charge on any atom is -0.377 e. The average Bonchev–Trinajstić information content (AvgIpc) is 2.41. The lowest BCUT2D eigenvalue weighted by molar-refractivity contribution is 0.749. The number of hydrogen-bond donors (Lipinski definition) is 1. The van der Waals surface area contributed by atoms with Crippen molar-refractivity contribution in [2.45, 2.75) is 19.4 Å². The van der Waals surface area contributed by atoms with E-state index in [-0.39, 0.29) is 0 Å². The molecule has 0 aliphatic rings. The molecule has 2 aromatic rings. The summed E-state index contributed by atoms with van der Waals surface area (Å²) in [6.45, 7) is 2.20. The Labute approximate surface area is 130 Å². The average molecular weight is 416 g/mol. The Morgan fingerprint density at radius 3 is 2.56 bits per heavy atom. The lowest BCUT2D eigenvalue weighted by Gasteiger charge is -2.20. The number of rotatable bonds is 4. The van der Waals surface area contributed by atoms with Crippen molar-refractivity contribution in [1.82, 2.24) is 0 Å². The molecule has 1 unspecified atom stereocenters. The zero-order valence-corrected chi connectivity index (χ0v) is 13.9. The Bertz CT molecular complexity index is 513. The lowest BCUT2D eigenvalue weighted by atomic mass is 10.0. The molecular weight excluding hydrogens is 401 g/mol. The van der Waals surface area contributed by atoms with Crippen molar-refractivity contribution in [2.24, 2.45) is 0 Å². The molecule has 0 saturated carbocycles. The van der Waals surface area contributed by atoms with Gasteiger partial charge in [0.1, 0.15) is 0 Å². The number of halogens is 2. The summed E-state index contributed by atoms with van der Waals surface area (Å²) in [6.07, 6.45) is 1.06. The van der Waals surface area contributed by atoms with E-state index in [1.807, 2.05) is 0 Å². The maximum absolute atomic E-state index is 3.60. The summed E-state index contributed by atoms with van der Waals surface area (Å²) in [5.74, 6) is 0. The van der Waals surface area contributed by atoms with Crippen LogP contribution in [0.15, 0.2) is 53.0 Å². The summed E-state index contributed by atoms with van der Waals surface area (Å²) < 4.78 is 2.35. The predicted octanol–water partition coefficient (Wildman–Crippen LogP) is 5.62. The molecule has 0 bridgehead atoms. The minimum absolute atomic E-state index is 0.348. The molecule has 1 nitrogen and oxygen atoms in total. The second-order valence-corrected chi connectivity index (χ2v) is 6.24. The van der Waals surface area contributed by atoms with Crippen LogP contribution in [0.2, 0.25) is 0 Å². The standard InChI is InChI=1S/C15H15BrIN/c1-2-14(11-6-4-3-5-7-11)18-15-10-12(17)8-9-13(15)16/h3-10,14,18H,2H2,1H3. The first-order valence-corrected chi connectivity index (χ1v) is 7.84. The smallest absolute Gasteiger partial charge is 0.0511 e. The molecule has 0 fully saturated rings. The van der Waals surface area contributed by atoms with Gasteiger partial charge in [0, 0.05) is 13.7 Å². The van der Waals surface area contributed by atoms with Crippen LogP contribution in [-0.2, 0) is 0 Å². The zero-order chi connectivity index (χ0) is 13.0. The van der Waals surface area contributed by atoms with Gasteiger partial charge in [0.15, 0.2) is 0 Å². The molecule has 0 radical (unpaired) electrons. The molecule has 0 aliphatic heterocycles. The summed E-state index contributed by atoms with van der Waals surface area (Å²) in [4.78, 5) is 0. The molecule has 94 valence electrons. The van der Waals surface area contributed by atoms with Gasteiger partial charge in [0.25, 0.3) is 0 Å². The van der Waals surface area contributed by atoms with E-state index in [9.17, 15) is 0 Å². The fraction of sp³-hybridized carbons (Fsp3) is 0.200. The number of nitrogens with one attached hydrogen (secondary N) is 1. The van der Waals surface area contributed by atoms with Crippen molar-refractivity contribution in [3.8, 4) is 0 Å². The van der Waals surface area contributed by atoms with E-state index in [0.717, 1.165) is 16.6 Å². The molecule has 0 amide bonds. The van der Waals surface area contributed by atoms with Gasteiger partial charge >= 0.3 is 0 Å². The van der Waals surface area contributed by atoms with E-state index in [2.05, 4.69) is 99.3 Å². The summed E-state index contributed by atoms with van der Waals surface area (Å²) >= 11 is 5.93. The maximum atomic E-state index is 3.60. The van der Waals surface area contributed by atoms with Crippen LogP contribution in [0.4, 0.5) is 5.69 Å². The third kappa shape index (κ3) is 3.48. The zero-order valence-electron chi connectivity index (χ0n) is 10.2. The summed E-state index contributed by atoms with van der Waals surface area (Å²) in [6, 6.07) is 17.3. The number of hydrogen-bond acceptors (Lipinski definition) is 1. The second-order valence-electron chi connectivity index (χ2n) is 4.14. The molecule has 1 N–H and O–H groups in total. The van der Waals surface area contributed by atoms with Gasteiger partial charge in [0.05, 0.1) is 6.04 Å². The highest BCUT2D eigenvalue weighted by atomic mass is 127. The molecule has 0 heterocycles. The lowest BCUT2D eigenvalue weighted by Crippen LogP contribution is -2.10. The van der Waals surface area contributed by atoms with Gasteiger partial charge in [-0.05, 0) is 68.7 Å². The first-order valence-electron chi connectivity index (χ1n) is 5.97. The Morgan fingerprint density at radius 2 is 1.89 bits per heavy atom. The van der Waals surface area contributed by atoms with Crippen LogP contribution >= 0.6 is 38.5 Å². The van der Waals surface area contributed by atoms with Crippen molar-refractivity contribution in [3.05, 3.63) is 62.1 Å². The van der Waals surface area contributed by atoms with Gasteiger partial charge in [-0.25, -0.2) is 0 Å². The first-order chi connectivity index (χ1) is 8.70. The van der Waals surface area contributed by atoms with E-state index in [1.54, 1.807) is 0 Å². The quantitative estimate of drug-likeness (QED) is 0.639. The van der Waals surface area contributed by atoms with Gasteiger partial charge in [-0.15, -0.1) is 0 Å². The highest BCUT2D eigenvalue weighted by molar-refractivity contribution is 14.1. The molecule has 18 heavy (non-hydrogen) atoms. The monoisotopic (exact) mass is 415 g/mol. The molecule has 0 spiro atoms. The van der Waals surface area contributed by atoms with Gasteiger partial charge < -0.3 is 5.32 Å². The second kappa shape index (κ2) is 6.57. The Balaban J connectivity index is 2.23. The highest BCUT2D eigenvalue weighted by Gasteiger charge is 2.10. The SMILES string of the molecule is CCC(Nc1cc(I)ccc1Br)c1ccccc1. The largest absolute Gasteiger partial charge is 0.377 e. The van der Waals surface area contributed by atoms with E-state index in [4.69, 9.17) is 0 Å². The van der Waals surface area contributed by atoms with Crippen LogP contribution in [0.5, 0.6) is 0 Å². The first kappa shape index (κ1) is 13.9. The molecule has 3 heteroatoms. The molecule has 0 aliphatic carbocycles. The third-order valence-corrected chi connectivity index (χ3v) is 4.23. The normalized spacial score (nSPS) is 12.2. The summed E-state index contributed by atoms with van der Waals surface area (Å²) in [5.41, 5.74) is 2.48. The molecule has 0 saturated heterocycles. The van der Waals surface area contributed by atoms with Crippen LogP contribution in [0.25, 0.3) is 0 Å². The van der Waals surface area contributed by atoms with Crippen molar-refractivity contribution < 1.29 is 0 Å². The number of anilines is 1. The fourth-order valence-electron chi connectivity index (χ4n) is 1.90. The topological polar surface area (TPSA) is 12.0 Å². The molecular formula is C15H15BrIN. The van der Waals surface area contributed by atoms with Crippen molar-refractivity contribution in [3.63, 3.8) is 0 Å². The van der Waals surface area contributed by atoms with Crippen LogP contribution in [0.3, 0.4) is 0 Å². The molecule has 2 rings (SSSR count). The summed E-state index contributed by atoms with van der Waals surface area (Å²) in [5, 5.41) is 3.60. The van der Waals surface area contributed by atoms with Crippen LogP contribution in [0.1, 0.15) is 24.9 Å². The van der Waals surface area contributed by atoms with Crippen molar-refractivity contribution >= 4 is 44.2 Å². The number of benzene rings is 2. The van der Waals surface area contributed by atoms with Crippen LogP contribution in [-0.4, -0.2) is 0 Å². The van der Waals surface area contributed by atoms with E-state index >= 15 is 0 Å². The van der Waals surface area contributed by atoms with E-state index in [1.165, 1.54) is 9.13 Å². The highest BCUT2D eigenvalue weighted by Crippen LogP contribution is 2.29. The molecule has 0 aromatic heterocycles. The Morgan fingerprint density at radius 1 is 1.17 bits per heavy atom. The van der Waals surface area contributed by atoms with E-state index in [0.29, 0.717) is 6.04 Å².